The van der Waals surface area contributed by atoms with Crippen LogP contribution in [0.4, 0.5) is 0 Å². The van der Waals surface area contributed by atoms with Crippen LogP contribution in [0.25, 0.3) is 5.69 Å². The van der Waals surface area contributed by atoms with Crippen LogP contribution in [0.3, 0.4) is 0 Å². The minimum atomic E-state index is -0.168. The summed E-state index contributed by atoms with van der Waals surface area (Å²) in [5.74, 6) is 1.89. The number of rotatable bonds is 8. The Kier molecular flexibility index (Phi) is 6.59. The van der Waals surface area contributed by atoms with Crippen LogP contribution >= 0.6 is 11.6 Å². The predicted molar refractivity (Wildman–Crippen MR) is 121 cm³/mol. The minimum absolute atomic E-state index is 0.168. The van der Waals surface area contributed by atoms with E-state index in [0.29, 0.717) is 22.7 Å². The van der Waals surface area contributed by atoms with Gasteiger partial charge in [0.1, 0.15) is 18.1 Å². The molecule has 0 N–H and O–H groups in total. The Balaban J connectivity index is 1.32. The van der Waals surface area contributed by atoms with Gasteiger partial charge in [0.25, 0.3) is 5.56 Å². The first-order valence-corrected chi connectivity index (χ1v) is 10.8. The van der Waals surface area contributed by atoms with Crippen molar-refractivity contribution in [3.05, 3.63) is 82.0 Å². The Morgan fingerprint density at radius 3 is 2.48 bits per heavy atom. The van der Waals surface area contributed by atoms with E-state index < -0.39 is 0 Å². The fourth-order valence-corrected chi connectivity index (χ4v) is 3.58. The van der Waals surface area contributed by atoms with E-state index in [4.69, 9.17) is 21.1 Å². The zero-order chi connectivity index (χ0) is 21.8. The molecule has 162 valence electrons. The molecular weight excluding hydrogens is 414 g/mol. The van der Waals surface area contributed by atoms with E-state index in [9.17, 15) is 4.79 Å². The van der Waals surface area contributed by atoms with Gasteiger partial charge in [-0.1, -0.05) is 11.6 Å². The van der Waals surface area contributed by atoms with Crippen LogP contribution in [0.5, 0.6) is 11.5 Å². The van der Waals surface area contributed by atoms with Gasteiger partial charge in [-0.3, -0.25) is 14.3 Å². The molecule has 3 aromatic rings. The number of likely N-dealkylation sites (tertiary alicyclic amines) is 1. The molecule has 0 bridgehead atoms. The quantitative estimate of drug-likeness (QED) is 0.527. The third kappa shape index (κ3) is 5.46. The highest BCUT2D eigenvalue weighted by Crippen LogP contribution is 2.21. The lowest BCUT2D eigenvalue weighted by atomic mass is 9.99. The first-order chi connectivity index (χ1) is 15.0. The van der Waals surface area contributed by atoms with Crippen molar-refractivity contribution in [3.8, 4) is 17.2 Å². The Morgan fingerprint density at radius 2 is 1.84 bits per heavy atom. The van der Waals surface area contributed by atoms with Crippen LogP contribution in [0.2, 0.25) is 5.02 Å². The standard InChI is InChI=1S/C24H26ClN3O3/c1-17(2)27-13-18(14-27)15-30-22-7-5-21(6-8-22)28-10-9-23(11-24(28)29)31-16-20-4-3-19(25)12-26-20/h3-12,17-18H,13-16H2,1-2H3. The molecule has 0 amide bonds. The van der Waals surface area contributed by atoms with E-state index in [0.717, 1.165) is 36.8 Å². The summed E-state index contributed by atoms with van der Waals surface area (Å²) in [6, 6.07) is 14.9. The largest absolute Gasteiger partial charge is 0.493 e. The van der Waals surface area contributed by atoms with Crippen LogP contribution in [0.15, 0.2) is 65.7 Å². The molecule has 31 heavy (non-hydrogen) atoms. The highest BCUT2D eigenvalue weighted by atomic mass is 35.5. The molecule has 0 radical (unpaired) electrons. The van der Waals surface area contributed by atoms with E-state index in [2.05, 4.69) is 23.7 Å². The zero-order valence-corrected chi connectivity index (χ0v) is 18.5. The van der Waals surface area contributed by atoms with E-state index in [1.807, 2.05) is 24.3 Å². The summed E-state index contributed by atoms with van der Waals surface area (Å²) < 4.78 is 13.2. The summed E-state index contributed by atoms with van der Waals surface area (Å²) in [6.45, 7) is 7.60. The predicted octanol–water partition coefficient (Wildman–Crippen LogP) is 4.18. The fraction of sp³-hybridized carbons (Fsp3) is 0.333. The number of aromatic nitrogens is 2. The van der Waals surface area contributed by atoms with Crippen LogP contribution in [-0.4, -0.2) is 40.2 Å². The number of halogens is 1. The van der Waals surface area contributed by atoms with Crippen LogP contribution < -0.4 is 15.0 Å². The molecule has 1 aromatic carbocycles. The molecule has 0 atom stereocenters. The molecular formula is C24H26ClN3O3. The van der Waals surface area contributed by atoms with E-state index in [1.165, 1.54) is 6.07 Å². The summed E-state index contributed by atoms with van der Waals surface area (Å²) in [5, 5.41) is 0.573. The van der Waals surface area contributed by atoms with Crippen molar-refractivity contribution in [2.75, 3.05) is 19.7 Å². The number of hydrogen-bond donors (Lipinski definition) is 0. The van der Waals surface area contributed by atoms with Gasteiger partial charge < -0.3 is 14.4 Å². The van der Waals surface area contributed by atoms with Gasteiger partial charge in [0.05, 0.1) is 17.3 Å². The second-order valence-corrected chi connectivity index (χ2v) is 8.48. The topological polar surface area (TPSA) is 56.6 Å². The Hall–Kier alpha value is -2.83. The number of pyridine rings is 2. The van der Waals surface area contributed by atoms with Gasteiger partial charge in [-0.2, -0.15) is 0 Å². The number of hydrogen-bond acceptors (Lipinski definition) is 5. The zero-order valence-electron chi connectivity index (χ0n) is 17.7. The van der Waals surface area contributed by atoms with Gasteiger partial charge in [-0.05, 0) is 56.3 Å². The van der Waals surface area contributed by atoms with Gasteiger partial charge in [0.15, 0.2) is 0 Å². The average Bonchev–Trinajstić information content (AvgIpc) is 2.73. The molecule has 1 fully saturated rings. The summed E-state index contributed by atoms with van der Waals surface area (Å²) in [6.07, 6.45) is 3.27. The summed E-state index contributed by atoms with van der Waals surface area (Å²) in [4.78, 5) is 19.2. The molecule has 3 heterocycles. The summed E-state index contributed by atoms with van der Waals surface area (Å²) >= 11 is 5.83. The van der Waals surface area contributed by atoms with Gasteiger partial charge in [0.2, 0.25) is 0 Å². The number of benzene rings is 1. The van der Waals surface area contributed by atoms with Crippen molar-refractivity contribution in [1.82, 2.24) is 14.5 Å². The molecule has 1 aliphatic heterocycles. The molecule has 0 unspecified atom stereocenters. The maximum Gasteiger partial charge on any atom is 0.258 e. The third-order valence-electron chi connectivity index (χ3n) is 5.38. The monoisotopic (exact) mass is 439 g/mol. The van der Waals surface area contributed by atoms with Crippen molar-refractivity contribution in [3.63, 3.8) is 0 Å². The maximum absolute atomic E-state index is 12.5. The minimum Gasteiger partial charge on any atom is -0.493 e. The lowest BCUT2D eigenvalue weighted by molar-refractivity contribution is 0.0375. The van der Waals surface area contributed by atoms with Crippen LogP contribution in [-0.2, 0) is 6.61 Å². The molecule has 6 nitrogen and oxygen atoms in total. The van der Waals surface area contributed by atoms with Crippen LogP contribution in [0, 0.1) is 5.92 Å². The fourth-order valence-electron chi connectivity index (χ4n) is 3.47. The Bertz CT molecular complexity index is 1060. The summed E-state index contributed by atoms with van der Waals surface area (Å²) in [5.41, 5.74) is 1.35. The highest BCUT2D eigenvalue weighted by Gasteiger charge is 2.28. The molecule has 0 spiro atoms. The van der Waals surface area contributed by atoms with Crippen molar-refractivity contribution in [2.45, 2.75) is 26.5 Å². The average molecular weight is 440 g/mol. The smallest absolute Gasteiger partial charge is 0.258 e. The molecule has 1 aliphatic rings. The van der Waals surface area contributed by atoms with Crippen molar-refractivity contribution in [2.24, 2.45) is 5.92 Å². The van der Waals surface area contributed by atoms with Gasteiger partial charge in [-0.15, -0.1) is 0 Å². The lowest BCUT2D eigenvalue weighted by Crippen LogP contribution is -2.52. The van der Waals surface area contributed by atoms with Crippen molar-refractivity contribution >= 4 is 11.6 Å². The number of nitrogens with zero attached hydrogens (tertiary/aromatic N) is 3. The second-order valence-electron chi connectivity index (χ2n) is 8.05. The molecule has 0 saturated carbocycles. The van der Waals surface area contributed by atoms with Gasteiger partial charge >= 0.3 is 0 Å². The second kappa shape index (κ2) is 9.54. The van der Waals surface area contributed by atoms with Gasteiger partial charge in [0, 0.05) is 49.2 Å². The molecule has 2 aromatic heterocycles. The Labute approximate surface area is 187 Å². The van der Waals surface area contributed by atoms with Crippen molar-refractivity contribution < 1.29 is 9.47 Å². The Morgan fingerprint density at radius 1 is 1.06 bits per heavy atom. The first-order valence-electron chi connectivity index (χ1n) is 10.4. The lowest BCUT2D eigenvalue weighted by Gasteiger charge is -2.41. The third-order valence-corrected chi connectivity index (χ3v) is 5.61. The SMILES string of the molecule is CC(C)N1CC(COc2ccc(-n3ccc(OCc4ccc(Cl)cn4)cc3=O)cc2)C1. The maximum atomic E-state index is 12.5. The van der Waals surface area contributed by atoms with Gasteiger partial charge in [-0.25, -0.2) is 0 Å². The molecule has 7 heteroatoms. The molecule has 4 rings (SSSR count). The first kappa shape index (κ1) is 21.4. The molecule has 0 aliphatic carbocycles. The normalized spacial score (nSPS) is 14.5. The van der Waals surface area contributed by atoms with Crippen molar-refractivity contribution in [1.29, 1.82) is 0 Å². The van der Waals surface area contributed by atoms with E-state index in [1.54, 1.807) is 35.2 Å². The van der Waals surface area contributed by atoms with Crippen LogP contribution in [0.1, 0.15) is 19.5 Å². The number of ether oxygens (including phenoxy) is 2. The van der Waals surface area contributed by atoms with E-state index >= 15 is 0 Å². The molecule has 1 saturated heterocycles. The van der Waals surface area contributed by atoms with E-state index in [-0.39, 0.29) is 12.2 Å². The highest BCUT2D eigenvalue weighted by molar-refractivity contribution is 6.30. The summed E-state index contributed by atoms with van der Waals surface area (Å²) in [7, 11) is 0.